The molecule has 1 atom stereocenters. The van der Waals surface area contributed by atoms with Crippen molar-refractivity contribution >= 4 is 28.8 Å². The van der Waals surface area contributed by atoms with Gasteiger partial charge in [-0.25, -0.2) is 4.39 Å². The average Bonchev–Trinajstić information content (AvgIpc) is 2.23. The third-order valence-corrected chi connectivity index (χ3v) is 3.04. The van der Waals surface area contributed by atoms with Gasteiger partial charge in [0.15, 0.2) is 0 Å². The molecule has 0 spiro atoms. The Balaban J connectivity index is 2.93. The van der Waals surface area contributed by atoms with Crippen LogP contribution >= 0.6 is 12.2 Å². The molecule has 0 aliphatic heterocycles. The van der Waals surface area contributed by atoms with Crippen molar-refractivity contribution in [2.45, 2.75) is 20.8 Å². The van der Waals surface area contributed by atoms with Gasteiger partial charge in [0.25, 0.3) is 0 Å². The van der Waals surface area contributed by atoms with Gasteiger partial charge in [-0.15, -0.1) is 0 Å². The van der Waals surface area contributed by atoms with Crippen LogP contribution in [0.3, 0.4) is 0 Å². The van der Waals surface area contributed by atoms with Crippen LogP contribution in [0.2, 0.25) is 0 Å². The molecule has 0 fully saturated rings. The Hall–Kier alpha value is -1.49. The number of halogens is 1. The first-order chi connectivity index (χ1) is 8.34. The third-order valence-electron chi connectivity index (χ3n) is 2.78. The van der Waals surface area contributed by atoms with E-state index in [0.29, 0.717) is 11.3 Å². The molecule has 0 saturated heterocycles. The van der Waals surface area contributed by atoms with E-state index in [1.54, 1.807) is 19.1 Å². The molecule has 1 unspecified atom stereocenters. The highest BCUT2D eigenvalue weighted by Crippen LogP contribution is 2.20. The molecule has 0 radical (unpaired) electrons. The van der Waals surface area contributed by atoms with Gasteiger partial charge in [0.1, 0.15) is 5.82 Å². The number of hydrogen-bond acceptors (Lipinski definition) is 2. The van der Waals surface area contributed by atoms with E-state index in [2.05, 4.69) is 5.32 Å². The summed E-state index contributed by atoms with van der Waals surface area (Å²) in [5, 5.41) is 2.67. The number of thiocarbonyl (C=S) groups is 1. The quantitative estimate of drug-likeness (QED) is 0.825. The molecular formula is C13H17FN2OS. The van der Waals surface area contributed by atoms with Gasteiger partial charge in [-0.05, 0) is 25.0 Å². The van der Waals surface area contributed by atoms with Gasteiger partial charge in [0.2, 0.25) is 5.91 Å². The molecule has 0 aliphatic carbocycles. The Labute approximate surface area is 112 Å². The van der Waals surface area contributed by atoms with Gasteiger partial charge in [-0.3, -0.25) is 4.79 Å². The van der Waals surface area contributed by atoms with E-state index in [1.165, 1.54) is 6.07 Å². The SMILES string of the molecule is Cc1c(F)cccc1NC(=O)C(C(N)=S)C(C)C. The van der Waals surface area contributed by atoms with E-state index in [9.17, 15) is 9.18 Å². The molecule has 98 valence electrons. The standard InChI is InChI=1S/C13H17FN2OS/c1-7(2)11(12(15)18)13(17)16-10-6-4-5-9(14)8(10)3/h4-7,11H,1-3H3,(H2,15,18)(H,16,17). The fourth-order valence-corrected chi connectivity index (χ4v) is 2.09. The van der Waals surface area contributed by atoms with Crippen molar-refractivity contribution in [1.82, 2.24) is 0 Å². The molecule has 1 aromatic carbocycles. The number of amides is 1. The highest BCUT2D eigenvalue weighted by Gasteiger charge is 2.25. The van der Waals surface area contributed by atoms with Crippen molar-refractivity contribution in [3.8, 4) is 0 Å². The lowest BCUT2D eigenvalue weighted by atomic mass is 9.94. The number of benzene rings is 1. The Morgan fingerprint density at radius 2 is 2.06 bits per heavy atom. The Kier molecular flexibility index (Phi) is 4.78. The summed E-state index contributed by atoms with van der Waals surface area (Å²) >= 11 is 4.89. The van der Waals surface area contributed by atoms with Crippen molar-refractivity contribution in [2.75, 3.05) is 5.32 Å². The van der Waals surface area contributed by atoms with E-state index in [4.69, 9.17) is 18.0 Å². The van der Waals surface area contributed by atoms with Crippen molar-refractivity contribution in [3.05, 3.63) is 29.6 Å². The van der Waals surface area contributed by atoms with Crippen LogP contribution in [0.5, 0.6) is 0 Å². The Morgan fingerprint density at radius 1 is 1.44 bits per heavy atom. The fourth-order valence-electron chi connectivity index (χ4n) is 1.71. The van der Waals surface area contributed by atoms with Crippen LogP contribution in [-0.4, -0.2) is 10.9 Å². The van der Waals surface area contributed by atoms with Crippen LogP contribution in [0.15, 0.2) is 18.2 Å². The second kappa shape index (κ2) is 5.91. The average molecular weight is 268 g/mol. The molecule has 0 aromatic heterocycles. The number of carbonyl (C=O) groups is 1. The summed E-state index contributed by atoms with van der Waals surface area (Å²) in [6.45, 7) is 5.33. The topological polar surface area (TPSA) is 55.1 Å². The van der Waals surface area contributed by atoms with E-state index in [-0.39, 0.29) is 22.6 Å². The summed E-state index contributed by atoms with van der Waals surface area (Å²) in [6.07, 6.45) is 0. The number of nitrogens with two attached hydrogens (primary N) is 1. The lowest BCUT2D eigenvalue weighted by Crippen LogP contribution is -2.36. The van der Waals surface area contributed by atoms with E-state index in [0.717, 1.165) is 0 Å². The molecule has 3 nitrogen and oxygen atoms in total. The van der Waals surface area contributed by atoms with Gasteiger partial charge in [-0.1, -0.05) is 32.1 Å². The summed E-state index contributed by atoms with van der Waals surface area (Å²) in [7, 11) is 0. The first kappa shape index (κ1) is 14.6. The summed E-state index contributed by atoms with van der Waals surface area (Å²) < 4.78 is 13.3. The normalized spacial score (nSPS) is 12.3. The monoisotopic (exact) mass is 268 g/mol. The van der Waals surface area contributed by atoms with Gasteiger partial charge in [-0.2, -0.15) is 0 Å². The number of nitrogens with one attached hydrogen (secondary N) is 1. The largest absolute Gasteiger partial charge is 0.393 e. The number of carbonyl (C=O) groups excluding carboxylic acids is 1. The van der Waals surface area contributed by atoms with Gasteiger partial charge in [0, 0.05) is 11.3 Å². The second-order valence-corrected chi connectivity index (χ2v) is 5.00. The molecule has 1 aromatic rings. The predicted octanol–water partition coefficient (Wildman–Crippen LogP) is 2.63. The summed E-state index contributed by atoms with van der Waals surface area (Å²) in [5.41, 5.74) is 6.40. The molecule has 5 heteroatoms. The van der Waals surface area contributed by atoms with Crippen LogP contribution < -0.4 is 11.1 Å². The molecular weight excluding hydrogens is 251 g/mol. The van der Waals surface area contributed by atoms with E-state index >= 15 is 0 Å². The molecule has 0 aliphatic rings. The number of rotatable bonds is 4. The van der Waals surface area contributed by atoms with Crippen molar-refractivity contribution < 1.29 is 9.18 Å². The van der Waals surface area contributed by atoms with Gasteiger partial charge in [0.05, 0.1) is 10.9 Å². The highest BCUT2D eigenvalue weighted by molar-refractivity contribution is 7.80. The third kappa shape index (κ3) is 3.26. The lowest BCUT2D eigenvalue weighted by Gasteiger charge is -2.19. The maximum Gasteiger partial charge on any atom is 0.234 e. The summed E-state index contributed by atoms with van der Waals surface area (Å²) in [5.74, 6) is -1.21. The zero-order valence-corrected chi connectivity index (χ0v) is 11.5. The predicted molar refractivity (Wildman–Crippen MR) is 74.9 cm³/mol. The minimum atomic E-state index is -0.553. The first-order valence-electron chi connectivity index (χ1n) is 5.70. The number of hydrogen-bond donors (Lipinski definition) is 2. The zero-order valence-electron chi connectivity index (χ0n) is 10.7. The molecule has 1 rings (SSSR count). The summed E-state index contributed by atoms with van der Waals surface area (Å²) in [6, 6.07) is 4.54. The highest BCUT2D eigenvalue weighted by atomic mass is 32.1. The lowest BCUT2D eigenvalue weighted by molar-refractivity contribution is -0.118. The van der Waals surface area contributed by atoms with Crippen molar-refractivity contribution in [2.24, 2.45) is 17.6 Å². The fraction of sp³-hybridized carbons (Fsp3) is 0.385. The van der Waals surface area contributed by atoms with Crippen LogP contribution in [0.4, 0.5) is 10.1 Å². The van der Waals surface area contributed by atoms with Gasteiger partial charge >= 0.3 is 0 Å². The van der Waals surface area contributed by atoms with Gasteiger partial charge < -0.3 is 11.1 Å². The zero-order chi connectivity index (χ0) is 13.9. The van der Waals surface area contributed by atoms with Crippen molar-refractivity contribution in [1.29, 1.82) is 0 Å². The van der Waals surface area contributed by atoms with Crippen molar-refractivity contribution in [3.63, 3.8) is 0 Å². The number of anilines is 1. The van der Waals surface area contributed by atoms with E-state index in [1.807, 2.05) is 13.8 Å². The molecule has 0 bridgehead atoms. The molecule has 18 heavy (non-hydrogen) atoms. The minimum Gasteiger partial charge on any atom is -0.393 e. The van der Waals surface area contributed by atoms with Crippen LogP contribution in [0.1, 0.15) is 19.4 Å². The minimum absolute atomic E-state index is 0.00337. The van der Waals surface area contributed by atoms with Crippen LogP contribution in [-0.2, 0) is 4.79 Å². The Bertz CT molecular complexity index is 474. The molecule has 0 saturated carbocycles. The maximum absolute atomic E-state index is 13.3. The molecule has 3 N–H and O–H groups in total. The maximum atomic E-state index is 13.3. The Morgan fingerprint density at radius 3 is 2.56 bits per heavy atom. The van der Waals surface area contributed by atoms with Crippen LogP contribution in [0, 0.1) is 24.6 Å². The van der Waals surface area contributed by atoms with Crippen LogP contribution in [0.25, 0.3) is 0 Å². The molecule has 0 heterocycles. The summed E-state index contributed by atoms with van der Waals surface area (Å²) in [4.78, 5) is 12.2. The second-order valence-electron chi connectivity index (χ2n) is 4.53. The molecule has 1 amide bonds. The van der Waals surface area contributed by atoms with E-state index < -0.39 is 5.92 Å². The first-order valence-corrected chi connectivity index (χ1v) is 6.10. The smallest absolute Gasteiger partial charge is 0.234 e.